The summed E-state index contributed by atoms with van der Waals surface area (Å²) >= 11 is 0. The van der Waals surface area contributed by atoms with Crippen molar-refractivity contribution in [3.63, 3.8) is 0 Å². The first-order chi connectivity index (χ1) is 12.8. The molecule has 8 heteroatoms. The smallest absolute Gasteiger partial charge is 0.308 e. The van der Waals surface area contributed by atoms with E-state index in [0.29, 0.717) is 25.8 Å². The van der Waals surface area contributed by atoms with Crippen LogP contribution in [-0.4, -0.2) is 59.4 Å². The van der Waals surface area contributed by atoms with Crippen LogP contribution in [0.25, 0.3) is 0 Å². The third kappa shape index (κ3) is 4.26. The number of hydrogen-bond acceptors (Lipinski definition) is 3. The Balaban J connectivity index is 1.56. The zero-order valence-electron chi connectivity index (χ0n) is 15.0. The minimum atomic E-state index is -0.921. The number of carboxylic acids is 1. The molecule has 0 aromatic heterocycles. The number of amides is 2. The van der Waals surface area contributed by atoms with Crippen molar-refractivity contribution in [2.75, 3.05) is 26.7 Å². The van der Waals surface area contributed by atoms with Crippen molar-refractivity contribution in [2.45, 2.75) is 25.2 Å². The molecule has 0 bridgehead atoms. The van der Waals surface area contributed by atoms with Crippen LogP contribution in [0.5, 0.6) is 0 Å². The van der Waals surface area contributed by atoms with Gasteiger partial charge in [0.25, 0.3) is 0 Å². The zero-order chi connectivity index (χ0) is 19.7. The number of hydrogen-bond donors (Lipinski definition) is 1. The largest absolute Gasteiger partial charge is 0.481 e. The van der Waals surface area contributed by atoms with E-state index in [0.717, 1.165) is 18.2 Å². The Hall–Kier alpha value is -2.51. The summed E-state index contributed by atoms with van der Waals surface area (Å²) in [5.41, 5.74) is 0.188. The van der Waals surface area contributed by atoms with Crippen molar-refractivity contribution in [2.24, 2.45) is 11.8 Å². The summed E-state index contributed by atoms with van der Waals surface area (Å²) in [6.45, 7) is 0.474. The molecule has 0 spiro atoms. The van der Waals surface area contributed by atoms with E-state index in [2.05, 4.69) is 0 Å². The van der Waals surface area contributed by atoms with Crippen LogP contribution >= 0.6 is 0 Å². The summed E-state index contributed by atoms with van der Waals surface area (Å²) < 4.78 is 27.2. The second-order valence-corrected chi connectivity index (χ2v) is 7.33. The van der Waals surface area contributed by atoms with Gasteiger partial charge >= 0.3 is 5.97 Å². The number of halogens is 2. The van der Waals surface area contributed by atoms with E-state index in [1.54, 1.807) is 0 Å². The second-order valence-electron chi connectivity index (χ2n) is 7.33. The molecular formula is C19H22F2N2O4. The molecule has 2 fully saturated rings. The topological polar surface area (TPSA) is 77.9 Å². The molecule has 2 aliphatic rings. The van der Waals surface area contributed by atoms with Crippen molar-refractivity contribution < 1.29 is 28.3 Å². The summed E-state index contributed by atoms with van der Waals surface area (Å²) in [5, 5.41) is 9.11. The van der Waals surface area contributed by atoms with Crippen LogP contribution < -0.4 is 0 Å². The van der Waals surface area contributed by atoms with Crippen molar-refractivity contribution >= 4 is 17.8 Å². The summed E-state index contributed by atoms with van der Waals surface area (Å²) in [6.07, 6.45) is 1.57. The molecule has 1 aromatic carbocycles. The van der Waals surface area contributed by atoms with Gasteiger partial charge in [0.15, 0.2) is 0 Å². The summed E-state index contributed by atoms with van der Waals surface area (Å²) in [5.74, 6) is -4.02. The van der Waals surface area contributed by atoms with Gasteiger partial charge in [0.1, 0.15) is 11.6 Å². The molecular weight excluding hydrogens is 358 g/mol. The standard InChI is InChI=1S/C19H22F2N2O4/c1-22(10-17(24)23-6-2-3-11(9-23)19(26)27)18(25)15-8-13(15)14-7-12(20)4-5-16(14)21/h4-5,7,11,13,15H,2-3,6,8-10H2,1H3,(H,26,27). The van der Waals surface area contributed by atoms with E-state index in [1.165, 1.54) is 16.8 Å². The number of benzene rings is 1. The van der Waals surface area contributed by atoms with Gasteiger partial charge in [-0.15, -0.1) is 0 Å². The molecule has 3 unspecified atom stereocenters. The van der Waals surface area contributed by atoms with Gasteiger partial charge < -0.3 is 14.9 Å². The highest BCUT2D eigenvalue weighted by atomic mass is 19.1. The van der Waals surface area contributed by atoms with Gasteiger partial charge in [-0.1, -0.05) is 0 Å². The van der Waals surface area contributed by atoms with Gasteiger partial charge in [-0.2, -0.15) is 0 Å². The van der Waals surface area contributed by atoms with Crippen molar-refractivity contribution in [1.29, 1.82) is 0 Å². The van der Waals surface area contributed by atoms with E-state index in [9.17, 15) is 23.2 Å². The van der Waals surface area contributed by atoms with Gasteiger partial charge in [-0.05, 0) is 48.9 Å². The highest BCUT2D eigenvalue weighted by molar-refractivity contribution is 5.88. The third-order valence-corrected chi connectivity index (χ3v) is 5.34. The van der Waals surface area contributed by atoms with E-state index < -0.39 is 29.4 Å². The SMILES string of the molecule is CN(CC(=O)N1CCCC(C(=O)O)C1)C(=O)C1CC1c1cc(F)ccc1F. The molecule has 1 aliphatic heterocycles. The Labute approximate surface area is 155 Å². The lowest BCUT2D eigenvalue weighted by molar-refractivity contribution is -0.147. The van der Waals surface area contributed by atoms with Gasteiger partial charge in [-0.3, -0.25) is 14.4 Å². The van der Waals surface area contributed by atoms with Crippen molar-refractivity contribution in [1.82, 2.24) is 9.80 Å². The molecule has 1 aliphatic carbocycles. The molecule has 3 rings (SSSR count). The average molecular weight is 380 g/mol. The van der Waals surface area contributed by atoms with Crippen molar-refractivity contribution in [3.05, 3.63) is 35.4 Å². The molecule has 1 aromatic rings. The fourth-order valence-electron chi connectivity index (χ4n) is 3.68. The number of rotatable bonds is 5. The summed E-state index contributed by atoms with van der Waals surface area (Å²) in [6, 6.07) is 3.19. The molecule has 27 heavy (non-hydrogen) atoms. The lowest BCUT2D eigenvalue weighted by Gasteiger charge is -2.32. The number of carboxylic acid groups (broad SMARTS) is 1. The van der Waals surface area contributed by atoms with Crippen LogP contribution in [0.4, 0.5) is 8.78 Å². The molecule has 1 N–H and O–H groups in total. The molecule has 0 radical (unpaired) electrons. The lowest BCUT2D eigenvalue weighted by Crippen LogP contribution is -2.47. The Morgan fingerprint density at radius 2 is 2.04 bits per heavy atom. The predicted molar refractivity (Wildman–Crippen MR) is 91.8 cm³/mol. The number of aliphatic carboxylic acids is 1. The monoisotopic (exact) mass is 380 g/mol. The maximum Gasteiger partial charge on any atom is 0.308 e. The van der Waals surface area contributed by atoms with Crippen LogP contribution in [0, 0.1) is 23.5 Å². The van der Waals surface area contributed by atoms with E-state index in [-0.39, 0.29) is 36.4 Å². The first-order valence-electron chi connectivity index (χ1n) is 8.98. The van der Waals surface area contributed by atoms with E-state index in [1.807, 2.05) is 0 Å². The van der Waals surface area contributed by atoms with Gasteiger partial charge in [0.05, 0.1) is 12.5 Å². The molecule has 3 atom stereocenters. The molecule has 6 nitrogen and oxygen atoms in total. The molecule has 1 saturated heterocycles. The normalized spacial score (nSPS) is 24.4. The summed E-state index contributed by atoms with van der Waals surface area (Å²) in [4.78, 5) is 38.8. The Morgan fingerprint density at radius 3 is 2.74 bits per heavy atom. The average Bonchev–Trinajstić information content (AvgIpc) is 3.43. The molecule has 1 heterocycles. The highest BCUT2D eigenvalue weighted by Gasteiger charge is 2.46. The Bertz CT molecular complexity index is 770. The first kappa shape index (κ1) is 19.3. The maximum atomic E-state index is 13.9. The predicted octanol–water partition coefficient (Wildman–Crippen LogP) is 1.85. The zero-order valence-corrected chi connectivity index (χ0v) is 15.0. The fraction of sp³-hybridized carbons (Fsp3) is 0.526. The Morgan fingerprint density at radius 1 is 1.30 bits per heavy atom. The van der Waals surface area contributed by atoms with Gasteiger partial charge in [0.2, 0.25) is 11.8 Å². The minimum Gasteiger partial charge on any atom is -0.481 e. The molecule has 2 amide bonds. The number of carbonyl (C=O) groups excluding carboxylic acids is 2. The number of likely N-dealkylation sites (tertiary alicyclic amines) is 1. The van der Waals surface area contributed by atoms with Gasteiger partial charge in [-0.25, -0.2) is 8.78 Å². The van der Waals surface area contributed by atoms with Crippen LogP contribution in [0.15, 0.2) is 18.2 Å². The van der Waals surface area contributed by atoms with E-state index in [4.69, 9.17) is 5.11 Å². The van der Waals surface area contributed by atoms with E-state index >= 15 is 0 Å². The number of carbonyl (C=O) groups is 3. The van der Waals surface area contributed by atoms with Crippen LogP contribution in [-0.2, 0) is 14.4 Å². The maximum absolute atomic E-state index is 13.9. The quantitative estimate of drug-likeness (QED) is 0.846. The summed E-state index contributed by atoms with van der Waals surface area (Å²) in [7, 11) is 1.50. The van der Waals surface area contributed by atoms with Crippen molar-refractivity contribution in [3.8, 4) is 0 Å². The van der Waals surface area contributed by atoms with Crippen LogP contribution in [0.2, 0.25) is 0 Å². The minimum absolute atomic E-state index is 0.150. The van der Waals surface area contributed by atoms with Crippen LogP contribution in [0.3, 0.4) is 0 Å². The highest BCUT2D eigenvalue weighted by Crippen LogP contribution is 2.49. The molecule has 1 saturated carbocycles. The number of piperidine rings is 1. The van der Waals surface area contributed by atoms with Crippen LogP contribution in [0.1, 0.15) is 30.7 Å². The first-order valence-corrected chi connectivity index (χ1v) is 8.98. The number of likely N-dealkylation sites (N-methyl/N-ethyl adjacent to an activating group) is 1. The second kappa shape index (κ2) is 7.62. The molecule has 146 valence electrons. The number of nitrogens with zero attached hydrogens (tertiary/aromatic N) is 2. The lowest BCUT2D eigenvalue weighted by atomic mass is 9.98. The third-order valence-electron chi connectivity index (χ3n) is 5.34. The fourth-order valence-corrected chi connectivity index (χ4v) is 3.68. The Kier molecular flexibility index (Phi) is 5.43. The van der Waals surface area contributed by atoms with Gasteiger partial charge in [0, 0.05) is 26.1 Å².